The second-order valence-corrected chi connectivity index (χ2v) is 5.54. The van der Waals surface area contributed by atoms with E-state index < -0.39 is 18.0 Å². The molecule has 2 rings (SSSR count). The zero-order valence-electron chi connectivity index (χ0n) is 13.5. The summed E-state index contributed by atoms with van der Waals surface area (Å²) in [6.45, 7) is 3.43. The summed E-state index contributed by atoms with van der Waals surface area (Å²) in [7, 11) is 1.30. The molecule has 24 heavy (non-hydrogen) atoms. The van der Waals surface area contributed by atoms with E-state index in [1.807, 2.05) is 6.92 Å². The van der Waals surface area contributed by atoms with Crippen molar-refractivity contribution >= 4 is 23.5 Å². The van der Waals surface area contributed by atoms with Crippen molar-refractivity contribution < 1.29 is 23.8 Å². The lowest BCUT2D eigenvalue weighted by molar-refractivity contribution is -0.141. The smallest absolute Gasteiger partial charge is 0.352 e. The summed E-state index contributed by atoms with van der Waals surface area (Å²) < 4.78 is 15.4. The molecule has 2 aromatic rings. The Balaban J connectivity index is 1.99. The van der Waals surface area contributed by atoms with Crippen molar-refractivity contribution in [1.82, 2.24) is 0 Å². The van der Waals surface area contributed by atoms with E-state index in [4.69, 9.17) is 21.1 Å². The van der Waals surface area contributed by atoms with Crippen LogP contribution in [0.4, 0.5) is 0 Å². The Kier molecular flexibility index (Phi) is 5.82. The summed E-state index contributed by atoms with van der Waals surface area (Å²) >= 11 is 5.89. The van der Waals surface area contributed by atoms with Crippen LogP contribution >= 0.6 is 11.6 Å². The maximum absolute atomic E-state index is 12.1. The molecule has 0 aliphatic carbocycles. The highest BCUT2D eigenvalue weighted by molar-refractivity contribution is 6.30. The largest absolute Gasteiger partial charge is 0.479 e. The van der Waals surface area contributed by atoms with Gasteiger partial charge in [-0.3, -0.25) is 0 Å². The van der Waals surface area contributed by atoms with Gasteiger partial charge in [-0.25, -0.2) is 9.59 Å². The van der Waals surface area contributed by atoms with Crippen LogP contribution in [0.15, 0.2) is 42.5 Å². The summed E-state index contributed by atoms with van der Waals surface area (Å²) in [4.78, 5) is 23.5. The summed E-state index contributed by atoms with van der Waals surface area (Å²) in [5, 5.41) is 0.598. The molecule has 1 atom stereocenters. The van der Waals surface area contributed by atoms with Crippen LogP contribution < -0.4 is 9.47 Å². The average molecular weight is 349 g/mol. The lowest BCUT2D eigenvalue weighted by atomic mass is 10.2. The number of hydrogen-bond donors (Lipinski definition) is 0. The minimum atomic E-state index is -0.801. The first kappa shape index (κ1) is 17.8. The third-order valence-corrected chi connectivity index (χ3v) is 3.50. The van der Waals surface area contributed by atoms with Crippen LogP contribution in [0.3, 0.4) is 0 Å². The molecule has 0 fully saturated rings. The molecule has 0 amide bonds. The molecule has 0 radical (unpaired) electrons. The normalized spacial score (nSPS) is 11.5. The quantitative estimate of drug-likeness (QED) is 0.607. The molecule has 2 aromatic carbocycles. The molecule has 0 bridgehead atoms. The van der Waals surface area contributed by atoms with Crippen molar-refractivity contribution in [2.45, 2.75) is 20.0 Å². The minimum Gasteiger partial charge on any atom is -0.479 e. The monoisotopic (exact) mass is 348 g/mol. The molecular formula is C18H17ClO5. The van der Waals surface area contributed by atoms with Crippen LogP contribution in [-0.4, -0.2) is 25.2 Å². The van der Waals surface area contributed by atoms with Crippen LogP contribution in [0.2, 0.25) is 5.02 Å². The van der Waals surface area contributed by atoms with Gasteiger partial charge in [0.1, 0.15) is 11.5 Å². The summed E-state index contributed by atoms with van der Waals surface area (Å²) in [6.07, 6.45) is -0.801. The van der Waals surface area contributed by atoms with Crippen molar-refractivity contribution in [3.05, 3.63) is 58.6 Å². The molecule has 0 aliphatic rings. The number of hydrogen-bond acceptors (Lipinski definition) is 5. The van der Waals surface area contributed by atoms with Gasteiger partial charge >= 0.3 is 11.9 Å². The van der Waals surface area contributed by atoms with Crippen molar-refractivity contribution in [2.24, 2.45) is 0 Å². The van der Waals surface area contributed by atoms with Gasteiger partial charge in [-0.2, -0.15) is 0 Å². The lowest BCUT2D eigenvalue weighted by Crippen LogP contribution is -2.28. The standard InChI is InChI=1S/C18H17ClO5/c1-11-10-14(19)6-9-16(11)23-12(2)17(20)24-15-7-4-13(5-8-15)18(21)22-3/h4-10,12H,1-3H3/t12-/m1/s1. The zero-order chi connectivity index (χ0) is 17.7. The van der Waals surface area contributed by atoms with Crippen LogP contribution in [0.25, 0.3) is 0 Å². The molecule has 0 aromatic heterocycles. The maximum atomic E-state index is 12.1. The van der Waals surface area contributed by atoms with Crippen LogP contribution in [0.5, 0.6) is 11.5 Å². The Morgan fingerprint density at radius 2 is 1.75 bits per heavy atom. The molecule has 5 nitrogen and oxygen atoms in total. The Morgan fingerprint density at radius 3 is 2.33 bits per heavy atom. The topological polar surface area (TPSA) is 61.8 Å². The third kappa shape index (κ3) is 4.49. The van der Waals surface area contributed by atoms with E-state index in [1.54, 1.807) is 25.1 Å². The summed E-state index contributed by atoms with van der Waals surface area (Å²) in [6, 6.07) is 11.2. The highest BCUT2D eigenvalue weighted by atomic mass is 35.5. The maximum Gasteiger partial charge on any atom is 0.352 e. The van der Waals surface area contributed by atoms with E-state index in [0.29, 0.717) is 22.1 Å². The highest BCUT2D eigenvalue weighted by Crippen LogP contribution is 2.23. The first-order valence-corrected chi connectivity index (χ1v) is 7.61. The van der Waals surface area contributed by atoms with Crippen LogP contribution in [0.1, 0.15) is 22.8 Å². The van der Waals surface area contributed by atoms with Crippen molar-refractivity contribution in [2.75, 3.05) is 7.11 Å². The van der Waals surface area contributed by atoms with Crippen molar-refractivity contribution in [3.63, 3.8) is 0 Å². The van der Waals surface area contributed by atoms with Gasteiger partial charge in [-0.05, 0) is 61.9 Å². The van der Waals surface area contributed by atoms with Gasteiger partial charge in [0.25, 0.3) is 0 Å². The predicted octanol–water partition coefficient (Wildman–Crippen LogP) is 3.81. The van der Waals surface area contributed by atoms with Crippen molar-refractivity contribution in [1.29, 1.82) is 0 Å². The van der Waals surface area contributed by atoms with Gasteiger partial charge in [-0.1, -0.05) is 11.6 Å². The van der Waals surface area contributed by atoms with E-state index in [9.17, 15) is 9.59 Å². The molecule has 0 aliphatic heterocycles. The first-order chi connectivity index (χ1) is 11.4. The van der Waals surface area contributed by atoms with E-state index in [-0.39, 0.29) is 0 Å². The summed E-state index contributed by atoms with van der Waals surface area (Å²) in [5.41, 5.74) is 1.20. The average Bonchev–Trinajstić information content (AvgIpc) is 2.57. The molecule has 126 valence electrons. The zero-order valence-corrected chi connectivity index (χ0v) is 14.3. The number of benzene rings is 2. The van der Waals surface area contributed by atoms with Crippen LogP contribution in [-0.2, 0) is 9.53 Å². The van der Waals surface area contributed by atoms with Gasteiger partial charge in [-0.15, -0.1) is 0 Å². The fraction of sp³-hybridized carbons (Fsp3) is 0.222. The van der Waals surface area contributed by atoms with Gasteiger partial charge < -0.3 is 14.2 Å². The molecule has 0 saturated carbocycles. The fourth-order valence-electron chi connectivity index (χ4n) is 1.96. The van der Waals surface area contributed by atoms with E-state index >= 15 is 0 Å². The molecule has 0 saturated heterocycles. The number of ether oxygens (including phenoxy) is 3. The van der Waals surface area contributed by atoms with Crippen LogP contribution in [0, 0.1) is 6.92 Å². The third-order valence-electron chi connectivity index (χ3n) is 3.27. The van der Waals surface area contributed by atoms with E-state index in [2.05, 4.69) is 4.74 Å². The van der Waals surface area contributed by atoms with Gasteiger partial charge in [0.2, 0.25) is 0 Å². The number of aryl methyl sites for hydroxylation is 1. The molecule has 0 spiro atoms. The van der Waals surface area contributed by atoms with E-state index in [1.165, 1.54) is 31.4 Å². The lowest BCUT2D eigenvalue weighted by Gasteiger charge is -2.15. The molecule has 0 unspecified atom stereocenters. The number of rotatable bonds is 5. The van der Waals surface area contributed by atoms with Crippen molar-refractivity contribution in [3.8, 4) is 11.5 Å². The Morgan fingerprint density at radius 1 is 1.08 bits per heavy atom. The second-order valence-electron chi connectivity index (χ2n) is 5.11. The van der Waals surface area contributed by atoms with E-state index in [0.717, 1.165) is 5.56 Å². The first-order valence-electron chi connectivity index (χ1n) is 7.23. The number of carbonyl (C=O) groups is 2. The minimum absolute atomic E-state index is 0.316. The second kappa shape index (κ2) is 7.84. The molecule has 0 N–H and O–H groups in total. The highest BCUT2D eigenvalue weighted by Gasteiger charge is 2.18. The fourth-order valence-corrected chi connectivity index (χ4v) is 2.19. The Hall–Kier alpha value is -2.53. The van der Waals surface area contributed by atoms with Gasteiger partial charge in [0.05, 0.1) is 12.7 Å². The molecular weight excluding hydrogens is 332 g/mol. The Bertz CT molecular complexity index is 740. The number of carbonyl (C=O) groups excluding carboxylic acids is 2. The SMILES string of the molecule is COC(=O)c1ccc(OC(=O)[C@@H](C)Oc2ccc(Cl)cc2C)cc1. The number of esters is 2. The number of halogens is 1. The molecule has 0 heterocycles. The summed E-state index contributed by atoms with van der Waals surface area (Å²) in [5.74, 6) is -0.126. The molecule has 6 heteroatoms. The predicted molar refractivity (Wildman–Crippen MR) is 89.7 cm³/mol. The Labute approximate surface area is 145 Å². The number of methoxy groups -OCH3 is 1. The van der Waals surface area contributed by atoms with Gasteiger partial charge in [0.15, 0.2) is 6.10 Å². The van der Waals surface area contributed by atoms with Gasteiger partial charge in [0, 0.05) is 5.02 Å².